The van der Waals surface area contributed by atoms with E-state index in [9.17, 15) is 18.0 Å². The Balaban J connectivity index is 1.70. The van der Waals surface area contributed by atoms with Crippen LogP contribution in [0.3, 0.4) is 0 Å². The van der Waals surface area contributed by atoms with Crippen LogP contribution in [0.25, 0.3) is 0 Å². The van der Waals surface area contributed by atoms with Crippen LogP contribution in [0.5, 0.6) is 11.5 Å². The van der Waals surface area contributed by atoms with Crippen LogP contribution in [-0.4, -0.2) is 51.9 Å². The van der Waals surface area contributed by atoms with Gasteiger partial charge in [0.2, 0.25) is 5.91 Å². The molecule has 2 aromatic carbocycles. The van der Waals surface area contributed by atoms with Crippen molar-refractivity contribution in [2.75, 3.05) is 36.4 Å². The van der Waals surface area contributed by atoms with Crippen LogP contribution in [0, 0.1) is 5.92 Å². The summed E-state index contributed by atoms with van der Waals surface area (Å²) >= 11 is 0. The number of sulfone groups is 1. The summed E-state index contributed by atoms with van der Waals surface area (Å²) in [4.78, 5) is 25.9. The second-order valence-corrected chi connectivity index (χ2v) is 10.7. The number of ether oxygens (including phenoxy) is 2. The van der Waals surface area contributed by atoms with Gasteiger partial charge in [0.05, 0.1) is 36.8 Å². The summed E-state index contributed by atoms with van der Waals surface area (Å²) in [5.41, 5.74) is 2.06. The van der Waals surface area contributed by atoms with Crippen LogP contribution >= 0.6 is 0 Å². The highest BCUT2D eigenvalue weighted by Gasteiger charge is 2.40. The molecule has 176 valence electrons. The van der Waals surface area contributed by atoms with Crippen LogP contribution in [-0.2, 0) is 14.6 Å². The molecule has 9 heteroatoms. The van der Waals surface area contributed by atoms with Gasteiger partial charge < -0.3 is 20.1 Å². The molecule has 1 heterocycles. The third-order valence-electron chi connectivity index (χ3n) is 5.91. The summed E-state index contributed by atoms with van der Waals surface area (Å²) < 4.78 is 35.7. The molecule has 2 atom stereocenters. The number of nitrogens with one attached hydrogen (secondary N) is 2. The second-order valence-electron chi connectivity index (χ2n) is 8.52. The highest BCUT2D eigenvalue weighted by Crippen LogP contribution is 2.40. The maximum absolute atomic E-state index is 13.6. The van der Waals surface area contributed by atoms with E-state index in [1.807, 2.05) is 6.92 Å². The minimum atomic E-state index is -3.43. The van der Waals surface area contributed by atoms with Crippen molar-refractivity contribution >= 4 is 32.9 Å². The van der Waals surface area contributed by atoms with E-state index in [4.69, 9.17) is 9.47 Å². The van der Waals surface area contributed by atoms with Crippen LogP contribution < -0.4 is 20.1 Å². The number of amides is 1. The maximum atomic E-state index is 13.6. The first kappa shape index (κ1) is 23.1. The number of rotatable bonds is 9. The number of Topliss-reactive ketones (excluding diaryl/α,β-unsaturated/α-hetero) is 1. The van der Waals surface area contributed by atoms with Gasteiger partial charge in [-0.25, -0.2) is 8.42 Å². The molecule has 1 amide bonds. The number of benzene rings is 2. The van der Waals surface area contributed by atoms with Crippen molar-refractivity contribution in [2.24, 2.45) is 5.92 Å². The summed E-state index contributed by atoms with van der Waals surface area (Å²) in [5.74, 6) is -0.240. The van der Waals surface area contributed by atoms with Gasteiger partial charge in [-0.1, -0.05) is 12.1 Å². The summed E-state index contributed by atoms with van der Waals surface area (Å²) in [6.07, 6.45) is 2.86. The van der Waals surface area contributed by atoms with Crippen LogP contribution in [0.15, 0.2) is 36.4 Å². The number of methoxy groups -OCH3 is 1. The van der Waals surface area contributed by atoms with Gasteiger partial charge in [0.15, 0.2) is 17.3 Å². The Morgan fingerprint density at radius 3 is 2.61 bits per heavy atom. The van der Waals surface area contributed by atoms with Gasteiger partial charge in [-0.2, -0.15) is 0 Å². The molecule has 0 saturated heterocycles. The molecule has 1 fully saturated rings. The fraction of sp³-hybridized carbons (Fsp3) is 0.417. The van der Waals surface area contributed by atoms with E-state index in [0.29, 0.717) is 40.6 Å². The predicted octanol–water partition coefficient (Wildman–Crippen LogP) is 3.25. The van der Waals surface area contributed by atoms with Gasteiger partial charge in [-0.3, -0.25) is 9.59 Å². The van der Waals surface area contributed by atoms with Crippen molar-refractivity contribution in [3.63, 3.8) is 0 Å². The van der Waals surface area contributed by atoms with Gasteiger partial charge >= 0.3 is 0 Å². The standard InChI is InChI=1S/C24H28N2O6S/c1-4-32-20-12-15(10-11-19(20)31-2)16(13-33(3,29)30)22-23(27)21-17(25-22)6-5-7-18(21)26-24(28)14-8-9-14/h5-7,10-12,14,16,22,25H,4,8-9,13H2,1-3H3,(H,26,28). The molecular formula is C24H28N2O6S. The zero-order chi connectivity index (χ0) is 23.8. The van der Waals surface area contributed by atoms with E-state index in [2.05, 4.69) is 10.6 Å². The maximum Gasteiger partial charge on any atom is 0.227 e. The summed E-state index contributed by atoms with van der Waals surface area (Å²) in [6.45, 7) is 2.25. The van der Waals surface area contributed by atoms with Gasteiger partial charge in [0, 0.05) is 23.8 Å². The second kappa shape index (κ2) is 9.05. The summed E-state index contributed by atoms with van der Waals surface area (Å²) in [7, 11) is -1.90. The van der Waals surface area contributed by atoms with Gasteiger partial charge in [0.25, 0.3) is 0 Å². The first-order chi connectivity index (χ1) is 15.7. The summed E-state index contributed by atoms with van der Waals surface area (Å²) in [5, 5.41) is 6.08. The van der Waals surface area contributed by atoms with Crippen molar-refractivity contribution in [3.05, 3.63) is 47.5 Å². The van der Waals surface area contributed by atoms with Crippen LogP contribution in [0.1, 0.15) is 41.6 Å². The topological polar surface area (TPSA) is 111 Å². The lowest BCUT2D eigenvalue weighted by molar-refractivity contribution is -0.117. The molecule has 0 bridgehead atoms. The third-order valence-corrected chi connectivity index (χ3v) is 6.88. The van der Waals surface area contributed by atoms with Crippen molar-refractivity contribution in [1.29, 1.82) is 0 Å². The number of carbonyl (C=O) groups excluding carboxylic acids is 2. The molecule has 4 rings (SSSR count). The molecular weight excluding hydrogens is 444 g/mol. The fourth-order valence-electron chi connectivity index (χ4n) is 4.20. The molecule has 0 radical (unpaired) electrons. The highest BCUT2D eigenvalue weighted by molar-refractivity contribution is 7.90. The quantitative estimate of drug-likeness (QED) is 0.576. The SMILES string of the molecule is CCOc1cc(C(CS(C)(=O)=O)C2Nc3cccc(NC(=O)C4CC4)c3C2=O)ccc1OC. The van der Waals surface area contributed by atoms with Crippen molar-refractivity contribution < 1.29 is 27.5 Å². The molecule has 2 N–H and O–H groups in total. The highest BCUT2D eigenvalue weighted by atomic mass is 32.2. The van der Waals surface area contributed by atoms with Crippen molar-refractivity contribution in [1.82, 2.24) is 0 Å². The Bertz CT molecular complexity index is 1190. The number of carbonyl (C=O) groups is 2. The van der Waals surface area contributed by atoms with E-state index in [-0.39, 0.29) is 23.4 Å². The third kappa shape index (κ3) is 4.98. The van der Waals surface area contributed by atoms with E-state index in [1.165, 1.54) is 7.11 Å². The van der Waals surface area contributed by atoms with Gasteiger partial charge in [-0.05, 0) is 49.6 Å². The van der Waals surface area contributed by atoms with Crippen LogP contribution in [0.2, 0.25) is 0 Å². The number of hydrogen-bond acceptors (Lipinski definition) is 7. The molecule has 0 spiro atoms. The van der Waals surface area contributed by atoms with Crippen molar-refractivity contribution in [3.8, 4) is 11.5 Å². The Labute approximate surface area is 193 Å². The number of fused-ring (bicyclic) bond motifs is 1. The summed E-state index contributed by atoms with van der Waals surface area (Å²) in [6, 6.07) is 9.61. The normalized spacial score (nSPS) is 18.3. The predicted molar refractivity (Wildman–Crippen MR) is 126 cm³/mol. The lowest BCUT2D eigenvalue weighted by atomic mass is 9.89. The molecule has 1 saturated carbocycles. The van der Waals surface area contributed by atoms with E-state index < -0.39 is 21.8 Å². The van der Waals surface area contributed by atoms with E-state index in [0.717, 1.165) is 19.1 Å². The van der Waals surface area contributed by atoms with Gasteiger partial charge in [0.1, 0.15) is 9.84 Å². The lowest BCUT2D eigenvalue weighted by Crippen LogP contribution is -2.34. The first-order valence-electron chi connectivity index (χ1n) is 10.9. The van der Waals surface area contributed by atoms with Crippen LogP contribution in [0.4, 0.5) is 11.4 Å². The molecule has 0 aromatic heterocycles. The first-order valence-corrected chi connectivity index (χ1v) is 13.0. The number of hydrogen-bond donors (Lipinski definition) is 2. The zero-order valence-electron chi connectivity index (χ0n) is 18.9. The average molecular weight is 473 g/mol. The molecule has 1 aliphatic heterocycles. The molecule has 33 heavy (non-hydrogen) atoms. The molecule has 2 unspecified atom stereocenters. The number of anilines is 2. The van der Waals surface area contributed by atoms with Gasteiger partial charge in [-0.15, -0.1) is 0 Å². The Morgan fingerprint density at radius 1 is 1.21 bits per heavy atom. The molecule has 1 aliphatic carbocycles. The number of ketones is 1. The molecule has 8 nitrogen and oxygen atoms in total. The fourth-order valence-corrected chi connectivity index (χ4v) is 5.23. The zero-order valence-corrected chi connectivity index (χ0v) is 19.7. The smallest absolute Gasteiger partial charge is 0.227 e. The lowest BCUT2D eigenvalue weighted by Gasteiger charge is -2.24. The Kier molecular flexibility index (Phi) is 6.34. The Morgan fingerprint density at radius 2 is 1.97 bits per heavy atom. The monoisotopic (exact) mass is 472 g/mol. The van der Waals surface area contributed by atoms with Crippen molar-refractivity contribution in [2.45, 2.75) is 31.7 Å². The average Bonchev–Trinajstić information content (AvgIpc) is 3.56. The van der Waals surface area contributed by atoms with E-state index in [1.54, 1.807) is 36.4 Å². The largest absolute Gasteiger partial charge is 0.493 e. The minimum absolute atomic E-state index is 0.00427. The Hall–Kier alpha value is -3.07. The molecule has 2 aromatic rings. The minimum Gasteiger partial charge on any atom is -0.493 e. The van der Waals surface area contributed by atoms with E-state index >= 15 is 0 Å². The molecule has 2 aliphatic rings.